The molecule has 0 heterocycles. The Morgan fingerprint density at radius 2 is 2.11 bits per heavy atom. The summed E-state index contributed by atoms with van der Waals surface area (Å²) in [5, 5.41) is 11.6. The summed E-state index contributed by atoms with van der Waals surface area (Å²) in [6, 6.07) is 4.79. The minimum atomic E-state index is -1.03. The van der Waals surface area contributed by atoms with Crippen LogP contribution in [0.3, 0.4) is 0 Å². The highest BCUT2D eigenvalue weighted by Gasteiger charge is 2.12. The fourth-order valence-corrected chi connectivity index (χ4v) is 1.71. The van der Waals surface area contributed by atoms with Crippen LogP contribution >= 0.6 is 11.8 Å². The molecule has 0 aliphatic carbocycles. The number of nitriles is 1. The van der Waals surface area contributed by atoms with Crippen molar-refractivity contribution in [3.8, 4) is 6.07 Å². The number of rotatable bonds is 4. The van der Waals surface area contributed by atoms with E-state index in [1.54, 1.807) is 12.3 Å². The molecular formula is C11H9F2N3OS. The molecule has 0 atom stereocenters. The highest BCUT2D eigenvalue weighted by molar-refractivity contribution is 8.02. The van der Waals surface area contributed by atoms with Gasteiger partial charge in [-0.2, -0.15) is 5.26 Å². The minimum Gasteiger partial charge on any atom is -0.365 e. The normalized spacial score (nSPS) is 11.4. The van der Waals surface area contributed by atoms with E-state index >= 15 is 0 Å². The molecule has 0 unspecified atom stereocenters. The number of primary amides is 1. The van der Waals surface area contributed by atoms with Gasteiger partial charge >= 0.3 is 0 Å². The second-order valence-corrected chi connectivity index (χ2v) is 3.95. The number of anilines is 1. The molecule has 0 saturated heterocycles. The predicted molar refractivity (Wildman–Crippen MR) is 65.3 cm³/mol. The molecule has 1 aromatic carbocycles. The lowest BCUT2D eigenvalue weighted by molar-refractivity contribution is -0.114. The van der Waals surface area contributed by atoms with Crippen molar-refractivity contribution in [3.63, 3.8) is 0 Å². The topological polar surface area (TPSA) is 78.9 Å². The van der Waals surface area contributed by atoms with E-state index in [-0.39, 0.29) is 16.3 Å². The van der Waals surface area contributed by atoms with Gasteiger partial charge in [-0.25, -0.2) is 8.78 Å². The van der Waals surface area contributed by atoms with Crippen LogP contribution < -0.4 is 11.1 Å². The first kappa shape index (κ1) is 14.0. The average Bonchev–Trinajstić information content (AvgIpc) is 2.33. The molecule has 1 rings (SSSR count). The molecule has 0 fully saturated rings. The number of carbonyl (C=O) groups excluding carboxylic acids is 1. The van der Waals surface area contributed by atoms with Crippen LogP contribution in [-0.4, -0.2) is 12.2 Å². The van der Waals surface area contributed by atoms with Gasteiger partial charge in [-0.1, -0.05) is 0 Å². The predicted octanol–water partition coefficient (Wildman–Crippen LogP) is 1.96. The van der Waals surface area contributed by atoms with Crippen LogP contribution in [0.1, 0.15) is 0 Å². The zero-order chi connectivity index (χ0) is 13.7. The van der Waals surface area contributed by atoms with Gasteiger partial charge in [0, 0.05) is 11.8 Å². The zero-order valence-electron chi connectivity index (χ0n) is 9.33. The molecule has 18 heavy (non-hydrogen) atoms. The number of thioether (sulfide) groups is 1. The molecule has 1 amide bonds. The first-order chi connectivity index (χ1) is 8.49. The van der Waals surface area contributed by atoms with Crippen molar-refractivity contribution in [2.45, 2.75) is 0 Å². The maximum atomic E-state index is 13.0. The third-order valence-corrected chi connectivity index (χ3v) is 2.68. The number of hydrogen-bond acceptors (Lipinski definition) is 4. The Morgan fingerprint density at radius 1 is 1.44 bits per heavy atom. The number of nitrogens with one attached hydrogen (secondary N) is 1. The molecule has 0 saturated carbocycles. The molecular weight excluding hydrogens is 260 g/mol. The molecule has 94 valence electrons. The highest BCUT2D eigenvalue weighted by Crippen LogP contribution is 2.21. The van der Waals surface area contributed by atoms with Gasteiger partial charge in [-0.05, 0) is 18.4 Å². The quantitative estimate of drug-likeness (QED) is 0.647. The largest absolute Gasteiger partial charge is 0.365 e. The Kier molecular flexibility index (Phi) is 4.68. The molecule has 0 aromatic heterocycles. The fourth-order valence-electron chi connectivity index (χ4n) is 1.14. The number of nitrogens with zero attached hydrogens (tertiary/aromatic N) is 1. The van der Waals surface area contributed by atoms with Gasteiger partial charge in [-0.3, -0.25) is 4.79 Å². The Morgan fingerprint density at radius 3 is 2.56 bits per heavy atom. The third-order valence-electron chi connectivity index (χ3n) is 1.97. The fraction of sp³-hybridized carbons (Fsp3) is 0.0909. The van der Waals surface area contributed by atoms with Crippen molar-refractivity contribution in [3.05, 3.63) is 40.4 Å². The maximum Gasteiger partial charge on any atom is 0.262 e. The SMILES string of the molecule is CSC(Nc1ccc(F)c(F)c1)=C(C#N)C(N)=O. The Bertz CT molecular complexity index is 552. The van der Waals surface area contributed by atoms with Crippen molar-refractivity contribution >= 4 is 23.4 Å². The second kappa shape index (κ2) is 6.02. The Hall–Kier alpha value is -2.07. The number of benzene rings is 1. The van der Waals surface area contributed by atoms with E-state index in [9.17, 15) is 13.6 Å². The van der Waals surface area contributed by atoms with Crippen LogP contribution in [0.2, 0.25) is 0 Å². The zero-order valence-corrected chi connectivity index (χ0v) is 10.1. The number of halogens is 2. The van der Waals surface area contributed by atoms with E-state index in [1.807, 2.05) is 0 Å². The number of hydrogen-bond donors (Lipinski definition) is 2. The standard InChI is InChI=1S/C11H9F2N3OS/c1-18-11(7(5-14)10(15)17)16-6-2-3-8(12)9(13)4-6/h2-4,16H,1H3,(H2,15,17). The van der Waals surface area contributed by atoms with Gasteiger partial charge < -0.3 is 11.1 Å². The van der Waals surface area contributed by atoms with Gasteiger partial charge in [0.2, 0.25) is 0 Å². The van der Waals surface area contributed by atoms with Crippen LogP contribution in [0.15, 0.2) is 28.8 Å². The lowest BCUT2D eigenvalue weighted by Crippen LogP contribution is -2.16. The molecule has 0 bridgehead atoms. The van der Waals surface area contributed by atoms with E-state index in [0.29, 0.717) is 0 Å². The molecule has 4 nitrogen and oxygen atoms in total. The van der Waals surface area contributed by atoms with E-state index in [1.165, 1.54) is 6.07 Å². The number of carbonyl (C=O) groups is 1. The summed E-state index contributed by atoms with van der Waals surface area (Å²) in [6.07, 6.45) is 1.61. The molecule has 0 radical (unpaired) electrons. The highest BCUT2D eigenvalue weighted by atomic mass is 32.2. The molecule has 0 aliphatic rings. The van der Waals surface area contributed by atoms with Crippen molar-refractivity contribution in [2.75, 3.05) is 11.6 Å². The van der Waals surface area contributed by atoms with Gasteiger partial charge in [0.25, 0.3) is 5.91 Å². The third kappa shape index (κ3) is 3.21. The monoisotopic (exact) mass is 269 g/mol. The lowest BCUT2D eigenvalue weighted by Gasteiger charge is -2.09. The van der Waals surface area contributed by atoms with Crippen molar-refractivity contribution in [1.82, 2.24) is 0 Å². The van der Waals surface area contributed by atoms with E-state index in [2.05, 4.69) is 5.32 Å². The average molecular weight is 269 g/mol. The van der Waals surface area contributed by atoms with Gasteiger partial charge in [0.05, 0.1) is 5.03 Å². The van der Waals surface area contributed by atoms with E-state index in [0.717, 1.165) is 23.9 Å². The van der Waals surface area contributed by atoms with Gasteiger partial charge in [0.1, 0.15) is 11.6 Å². The van der Waals surface area contributed by atoms with Gasteiger partial charge in [-0.15, -0.1) is 11.8 Å². The van der Waals surface area contributed by atoms with Crippen LogP contribution in [0.4, 0.5) is 14.5 Å². The lowest BCUT2D eigenvalue weighted by atomic mass is 10.2. The molecule has 3 N–H and O–H groups in total. The van der Waals surface area contributed by atoms with Crippen molar-refractivity contribution in [2.24, 2.45) is 5.73 Å². The molecule has 0 spiro atoms. The summed E-state index contributed by atoms with van der Waals surface area (Å²) in [5.74, 6) is -2.90. The summed E-state index contributed by atoms with van der Waals surface area (Å²) in [6.45, 7) is 0. The Balaban J connectivity index is 3.10. The summed E-state index contributed by atoms with van der Waals surface area (Å²) in [4.78, 5) is 11.0. The second-order valence-electron chi connectivity index (χ2n) is 3.14. The van der Waals surface area contributed by atoms with E-state index in [4.69, 9.17) is 11.0 Å². The number of nitrogens with two attached hydrogens (primary N) is 1. The van der Waals surface area contributed by atoms with Gasteiger partial charge in [0.15, 0.2) is 11.6 Å². The first-order valence-electron chi connectivity index (χ1n) is 4.69. The molecule has 1 aromatic rings. The first-order valence-corrected chi connectivity index (χ1v) is 5.92. The van der Waals surface area contributed by atoms with Crippen molar-refractivity contribution in [1.29, 1.82) is 5.26 Å². The van der Waals surface area contributed by atoms with Crippen LogP contribution in [0.5, 0.6) is 0 Å². The van der Waals surface area contributed by atoms with Crippen LogP contribution in [0, 0.1) is 23.0 Å². The number of amides is 1. The summed E-state index contributed by atoms with van der Waals surface area (Å²) < 4.78 is 25.7. The smallest absolute Gasteiger partial charge is 0.262 e. The van der Waals surface area contributed by atoms with E-state index < -0.39 is 17.5 Å². The minimum absolute atomic E-state index is 0.177. The molecule has 0 aliphatic heterocycles. The summed E-state index contributed by atoms with van der Waals surface area (Å²) >= 11 is 1.06. The van der Waals surface area contributed by atoms with Crippen molar-refractivity contribution < 1.29 is 13.6 Å². The van der Waals surface area contributed by atoms with Crippen LogP contribution in [-0.2, 0) is 4.79 Å². The Labute approximate surface area is 106 Å². The summed E-state index contributed by atoms with van der Waals surface area (Å²) in [5.41, 5.74) is 4.97. The van der Waals surface area contributed by atoms with Crippen LogP contribution in [0.25, 0.3) is 0 Å². The maximum absolute atomic E-state index is 13.0. The molecule has 7 heteroatoms. The summed E-state index contributed by atoms with van der Waals surface area (Å²) in [7, 11) is 0.